The van der Waals surface area contributed by atoms with Gasteiger partial charge in [-0.1, -0.05) is 45.4 Å². The van der Waals surface area contributed by atoms with E-state index in [0.29, 0.717) is 85.0 Å². The van der Waals surface area contributed by atoms with Crippen LogP contribution < -0.4 is 16.4 Å². The molecule has 9 heteroatoms. The number of halogens is 1. The highest BCUT2D eigenvalue weighted by Gasteiger charge is 2.66. The Morgan fingerprint density at radius 3 is 2.46 bits per heavy atom. The van der Waals surface area contributed by atoms with Gasteiger partial charge in [0.1, 0.15) is 6.10 Å². The Balaban J connectivity index is 0.843. The predicted octanol–water partition coefficient (Wildman–Crippen LogP) is 10.4. The highest BCUT2D eigenvalue weighted by atomic mass is 19.3. The molecule has 11 unspecified atom stereocenters. The third-order valence-corrected chi connectivity index (χ3v) is 21.0. The molecular weight excluding hydrogens is 790 g/mol. The minimum Gasteiger partial charge on any atom is -0.469 e. The zero-order valence-corrected chi connectivity index (χ0v) is 39.8. The fraction of sp³-hybridized carbons (Fsp3) is 0.778. The van der Waals surface area contributed by atoms with Crippen LogP contribution in [-0.2, 0) is 24.0 Å². The number of carbonyl (C=O) groups is 2. The van der Waals surface area contributed by atoms with E-state index < -0.39 is 6.10 Å². The predicted molar refractivity (Wildman–Crippen MR) is 247 cm³/mol. The number of hydrogen-bond acceptors (Lipinski definition) is 8. The lowest BCUT2D eigenvalue weighted by Crippen LogP contribution is -2.62. The van der Waals surface area contributed by atoms with Crippen LogP contribution in [0.2, 0.25) is 0 Å². The second kappa shape index (κ2) is 17.2. The van der Waals surface area contributed by atoms with Crippen LogP contribution in [-0.4, -0.2) is 63.4 Å². The average molecular weight is 870 g/mol. The number of fused-ring (bicyclic) bond motifs is 9. The molecule has 6 saturated carbocycles. The first-order chi connectivity index (χ1) is 30.1. The lowest BCUT2D eigenvalue weighted by Gasteiger charge is -2.64. The highest BCUT2D eigenvalue weighted by Crippen LogP contribution is 2.71. The van der Waals surface area contributed by atoms with Crippen molar-refractivity contribution in [3.05, 3.63) is 52.6 Å². The van der Waals surface area contributed by atoms with Crippen molar-refractivity contribution in [1.82, 2.24) is 0 Å². The van der Waals surface area contributed by atoms with Crippen molar-refractivity contribution in [3.8, 4) is 0 Å². The molecule has 0 amide bonds. The van der Waals surface area contributed by atoms with Crippen molar-refractivity contribution in [2.24, 2.45) is 81.0 Å². The third-order valence-electron chi connectivity index (χ3n) is 21.0. The first-order valence-corrected chi connectivity index (χ1v) is 25.3. The van der Waals surface area contributed by atoms with E-state index in [4.69, 9.17) is 25.9 Å². The number of likely N-dealkylation sites (N-methyl/N-ethyl adjacent to an activating group) is 1. The summed E-state index contributed by atoms with van der Waals surface area (Å²) in [6.45, 7) is 14.1. The van der Waals surface area contributed by atoms with Crippen LogP contribution in [0.25, 0.3) is 0 Å². The minimum atomic E-state index is -0.393. The number of methoxy groups -OCH3 is 1. The van der Waals surface area contributed by atoms with E-state index in [2.05, 4.69) is 70.8 Å². The molecule has 4 N–H and O–H groups in total. The summed E-state index contributed by atoms with van der Waals surface area (Å²) < 4.78 is 26.6. The van der Waals surface area contributed by atoms with Crippen molar-refractivity contribution >= 4 is 17.4 Å². The molecule has 0 bridgehead atoms. The maximum Gasteiger partial charge on any atom is 0.305 e. The molecule has 0 heterocycles. The number of carbonyl (C=O) groups excluding carboxylic acids is 2. The van der Waals surface area contributed by atoms with Crippen LogP contribution in [0.3, 0.4) is 0 Å². The molecule has 0 saturated heterocycles. The maximum atomic E-state index is 14.9. The molecule has 1 aromatic carbocycles. The summed E-state index contributed by atoms with van der Waals surface area (Å²) in [5, 5.41) is 0. The summed E-state index contributed by atoms with van der Waals surface area (Å²) in [6, 6.07) is 9.32. The fourth-order valence-electron chi connectivity index (χ4n) is 17.2. The second-order valence-corrected chi connectivity index (χ2v) is 23.4. The topological polar surface area (TPSA) is 117 Å². The Morgan fingerprint density at radius 1 is 0.952 bits per heavy atom. The van der Waals surface area contributed by atoms with Crippen molar-refractivity contribution in [3.63, 3.8) is 0 Å². The molecule has 8 nitrogen and oxygen atoms in total. The van der Waals surface area contributed by atoms with Gasteiger partial charge in [-0.25, -0.2) is 0 Å². The summed E-state index contributed by atoms with van der Waals surface area (Å²) in [5.41, 5.74) is 20.9. The normalized spacial score (nSPS) is 43.4. The standard InChI is InChI=1S/C54H80FN3O5/c1-32(8-19-48(60)61-7)43-17-18-45-50-46(28-36(31-56)54(43,45)5)51(2)22-20-39(27-35(51)29-47(50)63-55)62-25-24-58(6)37-12-9-33(10-13-37)42-30-52(3)44(21-23-53(52,4)57)41-15-11-34-26-38(59)14-16-40(34)49(41)42/h9-10,12-13,26,32,35-36,39,41-47,50H,8,11,14-25,27-31,56-57H2,1-7H3/t32?,35?,36-,39?,41?,42?,43?,44+,45+,46+,47-,50?,51?,52?,53?,54?/m1/s1. The maximum absolute atomic E-state index is 14.9. The number of nitrogens with zero attached hydrogens (tertiary/aromatic N) is 1. The molecule has 8 aliphatic rings. The van der Waals surface area contributed by atoms with Gasteiger partial charge in [0.15, 0.2) is 5.78 Å². The van der Waals surface area contributed by atoms with Crippen LogP contribution in [0.4, 0.5) is 10.2 Å². The van der Waals surface area contributed by atoms with E-state index in [1.165, 1.54) is 35.9 Å². The van der Waals surface area contributed by atoms with Gasteiger partial charge in [-0.3, -0.25) is 9.59 Å². The van der Waals surface area contributed by atoms with Crippen LogP contribution in [0, 0.1) is 69.5 Å². The van der Waals surface area contributed by atoms with Crippen molar-refractivity contribution in [1.29, 1.82) is 0 Å². The molecule has 9 rings (SSSR count). The molecule has 63 heavy (non-hydrogen) atoms. The molecule has 0 aliphatic heterocycles. The van der Waals surface area contributed by atoms with E-state index >= 15 is 0 Å². The molecule has 0 aromatic heterocycles. The van der Waals surface area contributed by atoms with E-state index in [-0.39, 0.29) is 39.8 Å². The number of anilines is 1. The molecule has 0 spiro atoms. The lowest BCUT2D eigenvalue weighted by atomic mass is 9.41. The fourth-order valence-corrected chi connectivity index (χ4v) is 17.2. The molecular formula is C54H80FN3O5. The second-order valence-electron chi connectivity index (χ2n) is 23.4. The summed E-state index contributed by atoms with van der Waals surface area (Å²) in [6.07, 6.45) is 17.1. The number of ether oxygens (including phenoxy) is 2. The van der Waals surface area contributed by atoms with Gasteiger partial charge in [0.05, 0.1) is 19.8 Å². The van der Waals surface area contributed by atoms with Gasteiger partial charge in [-0.2, -0.15) is 4.94 Å². The van der Waals surface area contributed by atoms with Crippen molar-refractivity contribution < 1.29 is 28.5 Å². The smallest absolute Gasteiger partial charge is 0.305 e. The monoisotopic (exact) mass is 870 g/mol. The molecule has 348 valence electrons. The zero-order chi connectivity index (χ0) is 44.6. The molecule has 6 fully saturated rings. The van der Waals surface area contributed by atoms with Crippen molar-refractivity contribution in [2.75, 3.05) is 38.8 Å². The zero-order valence-electron chi connectivity index (χ0n) is 39.8. The Kier molecular flexibility index (Phi) is 12.5. The minimum absolute atomic E-state index is 0.00778. The Bertz CT molecular complexity index is 1950. The van der Waals surface area contributed by atoms with E-state index in [9.17, 15) is 14.1 Å². The number of ketones is 1. The van der Waals surface area contributed by atoms with E-state index in [0.717, 1.165) is 90.0 Å². The van der Waals surface area contributed by atoms with Gasteiger partial charge in [0, 0.05) is 43.6 Å². The van der Waals surface area contributed by atoms with Gasteiger partial charge in [-0.05, 0) is 212 Å². The van der Waals surface area contributed by atoms with Crippen molar-refractivity contribution in [2.45, 2.75) is 161 Å². The molecule has 8 aliphatic carbocycles. The van der Waals surface area contributed by atoms with E-state index in [1.807, 2.05) is 6.08 Å². The SMILES string of the molecule is COC(=O)CCC(C)C1CC[C@H]2C3[C@H](OF)CC4CC(OCCN(C)c5ccc(C6CC7(C)[C@@H](CCC7(C)N)C7CCC8=CC(=O)CCC8=C67)cc5)CCC4(C)[C@H]3C[C@H](CN)C12C. The average Bonchev–Trinajstić information content (AvgIpc) is 3.76. The van der Waals surface area contributed by atoms with Crippen LogP contribution in [0.15, 0.2) is 47.1 Å². The van der Waals surface area contributed by atoms with Crippen LogP contribution in [0.5, 0.6) is 0 Å². The molecule has 0 radical (unpaired) electrons. The Morgan fingerprint density at radius 2 is 1.73 bits per heavy atom. The summed E-state index contributed by atoms with van der Waals surface area (Å²) in [4.78, 5) is 31.9. The third kappa shape index (κ3) is 7.52. The van der Waals surface area contributed by atoms with Gasteiger partial charge in [-0.15, -0.1) is 0 Å². The summed E-state index contributed by atoms with van der Waals surface area (Å²) >= 11 is 0. The summed E-state index contributed by atoms with van der Waals surface area (Å²) in [5.74, 6) is 4.11. The first-order valence-electron chi connectivity index (χ1n) is 25.3. The van der Waals surface area contributed by atoms with Crippen LogP contribution in [0.1, 0.15) is 149 Å². The van der Waals surface area contributed by atoms with Gasteiger partial charge in [0.25, 0.3) is 0 Å². The highest BCUT2D eigenvalue weighted by molar-refractivity contribution is 5.93. The lowest BCUT2D eigenvalue weighted by molar-refractivity contribution is -0.271. The number of hydrogen-bond donors (Lipinski definition) is 2. The number of benzene rings is 1. The number of nitrogens with two attached hydrogens (primary N) is 2. The van der Waals surface area contributed by atoms with Crippen LogP contribution >= 0.6 is 0 Å². The number of rotatable bonds is 12. The van der Waals surface area contributed by atoms with Gasteiger partial charge < -0.3 is 25.8 Å². The molecule has 1 aromatic rings. The quantitative estimate of drug-likeness (QED) is 0.200. The largest absolute Gasteiger partial charge is 0.469 e. The first kappa shape index (κ1) is 45.6. The number of allylic oxidation sites excluding steroid dienone is 4. The summed E-state index contributed by atoms with van der Waals surface area (Å²) in [7, 11) is 3.63. The Hall–Kier alpha value is -2.59. The number of esters is 1. The van der Waals surface area contributed by atoms with Gasteiger partial charge in [0.2, 0.25) is 0 Å². The molecule has 16 atom stereocenters. The Labute approximate surface area is 378 Å². The van der Waals surface area contributed by atoms with Gasteiger partial charge >= 0.3 is 5.97 Å². The van der Waals surface area contributed by atoms with E-state index in [1.54, 1.807) is 5.57 Å².